The van der Waals surface area contributed by atoms with Crippen LogP contribution in [0.2, 0.25) is 0 Å². The van der Waals surface area contributed by atoms with Gasteiger partial charge < -0.3 is 9.73 Å². The highest BCUT2D eigenvalue weighted by Crippen LogP contribution is 2.31. The van der Waals surface area contributed by atoms with Crippen LogP contribution in [0.5, 0.6) is 0 Å². The SMILES string of the molecule is O=C(Nc1cccc(-c2nc3c(ccc4ccccc43)o2)c1)c1ccccc1[N+](=O)[O-]. The van der Waals surface area contributed by atoms with E-state index in [1.807, 2.05) is 42.5 Å². The molecule has 0 radical (unpaired) electrons. The lowest BCUT2D eigenvalue weighted by Gasteiger charge is -2.06. The maximum Gasteiger partial charge on any atom is 0.282 e. The van der Waals surface area contributed by atoms with Gasteiger partial charge in [-0.25, -0.2) is 4.98 Å². The van der Waals surface area contributed by atoms with Crippen LogP contribution in [-0.2, 0) is 0 Å². The smallest absolute Gasteiger partial charge is 0.282 e. The molecule has 0 atom stereocenters. The summed E-state index contributed by atoms with van der Waals surface area (Å²) >= 11 is 0. The zero-order valence-corrected chi connectivity index (χ0v) is 16.1. The second kappa shape index (κ2) is 7.38. The minimum atomic E-state index is -0.575. The van der Waals surface area contributed by atoms with E-state index in [1.54, 1.807) is 24.3 Å². The van der Waals surface area contributed by atoms with E-state index >= 15 is 0 Å². The van der Waals surface area contributed by atoms with Gasteiger partial charge in [-0.05, 0) is 35.7 Å². The molecule has 0 spiro atoms. The van der Waals surface area contributed by atoms with Gasteiger partial charge >= 0.3 is 0 Å². The number of nitrogens with zero attached hydrogens (tertiary/aromatic N) is 2. The van der Waals surface area contributed by atoms with Crippen LogP contribution in [0.1, 0.15) is 10.4 Å². The van der Waals surface area contributed by atoms with E-state index in [4.69, 9.17) is 4.42 Å². The first-order valence-corrected chi connectivity index (χ1v) is 9.54. The van der Waals surface area contributed by atoms with E-state index in [9.17, 15) is 14.9 Å². The number of carbonyl (C=O) groups is 1. The molecule has 0 aliphatic heterocycles. The Morgan fingerprint density at radius 3 is 2.61 bits per heavy atom. The van der Waals surface area contributed by atoms with Gasteiger partial charge in [-0.15, -0.1) is 0 Å². The standard InChI is InChI=1S/C24H15N3O4/c28-23(19-10-3-4-11-20(19)27(29)30)25-17-8-5-7-16(14-17)24-26-22-18-9-2-1-6-15(18)12-13-21(22)31-24/h1-14H,(H,25,28). The Hall–Kier alpha value is -4.52. The van der Waals surface area contributed by atoms with Crippen molar-refractivity contribution in [3.63, 3.8) is 0 Å². The number of hydrogen-bond acceptors (Lipinski definition) is 5. The molecule has 0 aliphatic rings. The number of nitro benzene ring substituents is 1. The highest BCUT2D eigenvalue weighted by Gasteiger charge is 2.19. The normalized spacial score (nSPS) is 11.0. The summed E-state index contributed by atoms with van der Waals surface area (Å²) in [4.78, 5) is 27.9. The summed E-state index contributed by atoms with van der Waals surface area (Å²) < 4.78 is 5.94. The maximum atomic E-state index is 12.6. The fraction of sp³-hybridized carbons (Fsp3) is 0. The Morgan fingerprint density at radius 2 is 1.74 bits per heavy atom. The topological polar surface area (TPSA) is 98.3 Å². The monoisotopic (exact) mass is 409 g/mol. The lowest BCUT2D eigenvalue weighted by molar-refractivity contribution is -0.385. The van der Waals surface area contributed by atoms with Gasteiger partial charge in [0.15, 0.2) is 5.58 Å². The van der Waals surface area contributed by atoms with Crippen molar-refractivity contribution in [1.29, 1.82) is 0 Å². The first kappa shape index (κ1) is 18.5. The van der Waals surface area contributed by atoms with E-state index in [0.29, 0.717) is 22.7 Å². The third kappa shape index (κ3) is 3.38. The van der Waals surface area contributed by atoms with Crippen LogP contribution in [0.4, 0.5) is 11.4 Å². The number of fused-ring (bicyclic) bond motifs is 3. The number of oxazole rings is 1. The number of amides is 1. The van der Waals surface area contributed by atoms with Gasteiger partial charge in [-0.1, -0.05) is 48.5 Å². The summed E-state index contributed by atoms with van der Waals surface area (Å²) in [5.41, 5.74) is 2.34. The van der Waals surface area contributed by atoms with Gasteiger partial charge in [0.25, 0.3) is 11.6 Å². The second-order valence-electron chi connectivity index (χ2n) is 6.96. The number of rotatable bonds is 4. The largest absolute Gasteiger partial charge is 0.436 e. The van der Waals surface area contributed by atoms with Crippen LogP contribution in [-0.4, -0.2) is 15.8 Å². The molecule has 1 amide bonds. The van der Waals surface area contributed by atoms with E-state index in [-0.39, 0.29) is 11.3 Å². The molecule has 1 heterocycles. The van der Waals surface area contributed by atoms with Crippen molar-refractivity contribution in [3.8, 4) is 11.5 Å². The van der Waals surface area contributed by atoms with Gasteiger partial charge in [-0.3, -0.25) is 14.9 Å². The molecular formula is C24H15N3O4. The van der Waals surface area contributed by atoms with Crippen LogP contribution >= 0.6 is 0 Å². The van der Waals surface area contributed by atoms with Gasteiger partial charge in [0.1, 0.15) is 11.1 Å². The Labute approximate surface area is 176 Å². The van der Waals surface area contributed by atoms with E-state index < -0.39 is 10.8 Å². The van der Waals surface area contributed by atoms with Gasteiger partial charge in [0.05, 0.1) is 4.92 Å². The Kier molecular flexibility index (Phi) is 4.41. The van der Waals surface area contributed by atoms with Crippen LogP contribution in [0, 0.1) is 10.1 Å². The van der Waals surface area contributed by atoms with Crippen LogP contribution < -0.4 is 5.32 Å². The van der Waals surface area contributed by atoms with E-state index in [2.05, 4.69) is 10.3 Å². The van der Waals surface area contributed by atoms with E-state index in [1.165, 1.54) is 18.2 Å². The van der Waals surface area contributed by atoms with Crippen LogP contribution in [0.15, 0.2) is 89.3 Å². The second-order valence-corrected chi connectivity index (χ2v) is 6.96. The molecule has 0 fully saturated rings. The molecule has 0 bridgehead atoms. The average Bonchev–Trinajstić information content (AvgIpc) is 3.24. The van der Waals surface area contributed by atoms with Crippen LogP contribution in [0.25, 0.3) is 33.3 Å². The first-order chi connectivity index (χ1) is 15.1. The number of nitrogens with one attached hydrogen (secondary N) is 1. The molecule has 5 aromatic rings. The quantitative estimate of drug-likeness (QED) is 0.298. The molecule has 4 aromatic carbocycles. The van der Waals surface area contributed by atoms with Crippen molar-refractivity contribution < 1.29 is 14.1 Å². The predicted octanol–water partition coefficient (Wildman–Crippen LogP) is 5.81. The Morgan fingerprint density at radius 1 is 0.935 bits per heavy atom. The van der Waals surface area contributed by atoms with Crippen molar-refractivity contribution in [2.45, 2.75) is 0 Å². The summed E-state index contributed by atoms with van der Waals surface area (Å²) in [7, 11) is 0. The van der Waals surface area contributed by atoms with Crippen molar-refractivity contribution in [2.75, 3.05) is 5.32 Å². The first-order valence-electron chi connectivity index (χ1n) is 9.54. The van der Waals surface area contributed by atoms with Crippen molar-refractivity contribution in [1.82, 2.24) is 4.98 Å². The minimum Gasteiger partial charge on any atom is -0.436 e. The minimum absolute atomic E-state index is 0.00812. The maximum absolute atomic E-state index is 12.6. The van der Waals surface area contributed by atoms with Gasteiger partial charge in [0.2, 0.25) is 5.89 Å². The molecule has 5 rings (SSSR count). The Balaban J connectivity index is 1.49. The van der Waals surface area contributed by atoms with Crippen LogP contribution in [0.3, 0.4) is 0 Å². The molecule has 0 saturated carbocycles. The van der Waals surface area contributed by atoms with Crippen molar-refractivity contribution in [2.24, 2.45) is 0 Å². The average molecular weight is 409 g/mol. The molecule has 7 heteroatoms. The van der Waals surface area contributed by atoms with Gasteiger partial charge in [0, 0.05) is 22.7 Å². The zero-order chi connectivity index (χ0) is 21.4. The Bertz CT molecular complexity index is 1470. The summed E-state index contributed by atoms with van der Waals surface area (Å²) in [5.74, 6) is -0.138. The van der Waals surface area contributed by atoms with Gasteiger partial charge in [-0.2, -0.15) is 0 Å². The molecule has 7 nitrogen and oxygen atoms in total. The summed E-state index contributed by atoms with van der Waals surface area (Å²) in [6, 6.07) is 24.6. The molecule has 0 saturated heterocycles. The molecular weight excluding hydrogens is 394 g/mol. The molecule has 150 valence electrons. The number of anilines is 1. The fourth-order valence-electron chi connectivity index (χ4n) is 3.54. The third-order valence-electron chi connectivity index (χ3n) is 5.00. The number of benzene rings is 4. The lowest BCUT2D eigenvalue weighted by Crippen LogP contribution is -2.13. The highest BCUT2D eigenvalue weighted by atomic mass is 16.6. The van der Waals surface area contributed by atoms with Crippen molar-refractivity contribution in [3.05, 3.63) is 101 Å². The number of hydrogen-bond donors (Lipinski definition) is 1. The fourth-order valence-corrected chi connectivity index (χ4v) is 3.54. The highest BCUT2D eigenvalue weighted by molar-refractivity contribution is 6.07. The van der Waals surface area contributed by atoms with E-state index in [0.717, 1.165) is 16.3 Å². The predicted molar refractivity (Wildman–Crippen MR) is 118 cm³/mol. The molecule has 0 aliphatic carbocycles. The molecule has 31 heavy (non-hydrogen) atoms. The van der Waals surface area contributed by atoms with Crippen molar-refractivity contribution >= 4 is 39.2 Å². The number of nitro groups is 1. The summed E-state index contributed by atoms with van der Waals surface area (Å²) in [6.07, 6.45) is 0. The summed E-state index contributed by atoms with van der Waals surface area (Å²) in [6.45, 7) is 0. The molecule has 1 N–H and O–H groups in total. The number of para-hydroxylation sites is 1. The summed E-state index contributed by atoms with van der Waals surface area (Å²) in [5, 5.41) is 16.0. The molecule has 0 unspecified atom stereocenters. The third-order valence-corrected chi connectivity index (χ3v) is 5.00. The number of aromatic nitrogens is 1. The zero-order valence-electron chi connectivity index (χ0n) is 16.1. The number of carbonyl (C=O) groups excluding carboxylic acids is 1. The molecule has 1 aromatic heterocycles. The lowest BCUT2D eigenvalue weighted by atomic mass is 10.1.